The van der Waals surface area contributed by atoms with Crippen LogP contribution in [0.4, 0.5) is 0 Å². The van der Waals surface area contributed by atoms with E-state index in [2.05, 4.69) is 43.4 Å². The first-order valence-electron chi connectivity index (χ1n) is 13.3. The zero-order valence-corrected chi connectivity index (χ0v) is 20.4. The first-order valence-corrected chi connectivity index (χ1v) is 13.3. The maximum absolute atomic E-state index is 12.9. The lowest BCUT2D eigenvalue weighted by Gasteiger charge is -2.36. The highest BCUT2D eigenvalue weighted by atomic mass is 16.6. The van der Waals surface area contributed by atoms with Gasteiger partial charge >= 0.3 is 5.97 Å². The van der Waals surface area contributed by atoms with Crippen molar-refractivity contribution in [1.29, 1.82) is 0 Å². The summed E-state index contributed by atoms with van der Waals surface area (Å²) in [5.41, 5.74) is 0.742. The Hall–Kier alpha value is -1.35. The summed E-state index contributed by atoms with van der Waals surface area (Å²) < 4.78 is 6.23. The van der Waals surface area contributed by atoms with Gasteiger partial charge in [-0.1, -0.05) is 121 Å². The fraction of sp³-hybridized carbons (Fsp3) is 0.750. The van der Waals surface area contributed by atoms with Gasteiger partial charge in [-0.3, -0.25) is 4.79 Å². The number of hydrogen-bond donors (Lipinski definition) is 1. The van der Waals surface area contributed by atoms with Crippen LogP contribution in [0, 0.1) is 5.92 Å². The van der Waals surface area contributed by atoms with Gasteiger partial charge in [0.15, 0.2) is 0 Å². The van der Waals surface area contributed by atoms with Crippen molar-refractivity contribution in [2.45, 2.75) is 116 Å². The van der Waals surface area contributed by atoms with E-state index in [1.807, 2.05) is 6.07 Å². The molecule has 1 aromatic rings. The van der Waals surface area contributed by atoms with E-state index in [4.69, 9.17) is 4.74 Å². The van der Waals surface area contributed by atoms with E-state index in [1.54, 1.807) is 0 Å². The van der Waals surface area contributed by atoms with Crippen molar-refractivity contribution >= 4 is 5.97 Å². The number of ether oxygens (including phenoxy) is 1. The molecule has 1 fully saturated rings. The van der Waals surface area contributed by atoms with Gasteiger partial charge in [0.2, 0.25) is 0 Å². The first kappa shape index (κ1) is 25.9. The third-order valence-corrected chi connectivity index (χ3v) is 6.99. The van der Waals surface area contributed by atoms with Crippen LogP contribution in [-0.4, -0.2) is 19.1 Å². The number of carbonyl (C=O) groups excluding carboxylic acids is 1. The van der Waals surface area contributed by atoms with E-state index >= 15 is 0 Å². The number of carbonyl (C=O) groups is 1. The Morgan fingerprint density at radius 2 is 1.39 bits per heavy atom. The van der Waals surface area contributed by atoms with Crippen LogP contribution in [0.15, 0.2) is 30.3 Å². The van der Waals surface area contributed by atoms with E-state index in [-0.39, 0.29) is 11.9 Å². The highest BCUT2D eigenvalue weighted by molar-refractivity contribution is 5.72. The second-order valence-corrected chi connectivity index (χ2v) is 9.73. The molecule has 1 aromatic carbocycles. The molecule has 0 bridgehead atoms. The summed E-state index contributed by atoms with van der Waals surface area (Å²) in [6, 6.07) is 10.4. The van der Waals surface area contributed by atoms with Crippen molar-refractivity contribution in [1.82, 2.24) is 0 Å². The highest BCUT2D eigenvalue weighted by Crippen LogP contribution is 2.35. The lowest BCUT2D eigenvalue weighted by Crippen LogP contribution is -2.87. The third kappa shape index (κ3) is 9.76. The molecule has 0 aliphatic carbocycles. The molecule has 3 nitrogen and oxygen atoms in total. The molecule has 0 spiro atoms. The Kier molecular flexibility index (Phi) is 12.9. The van der Waals surface area contributed by atoms with Crippen LogP contribution >= 0.6 is 0 Å². The highest BCUT2D eigenvalue weighted by Gasteiger charge is 2.40. The summed E-state index contributed by atoms with van der Waals surface area (Å²) in [5.74, 6) is -0.0107. The van der Waals surface area contributed by atoms with Gasteiger partial charge in [-0.05, 0) is 12.0 Å². The Morgan fingerprint density at radius 3 is 1.94 bits per heavy atom. The molecule has 0 aromatic heterocycles. The number of nitrogens with two attached hydrogens (primary N) is 1. The molecule has 31 heavy (non-hydrogen) atoms. The Balaban J connectivity index is 1.59. The molecule has 2 N–H and O–H groups in total. The molecule has 176 valence electrons. The largest absolute Gasteiger partial charge is 0.453 e. The molecule has 0 radical (unpaired) electrons. The summed E-state index contributed by atoms with van der Waals surface area (Å²) in [5, 5.41) is 2.32. The predicted molar refractivity (Wildman–Crippen MR) is 130 cm³/mol. The van der Waals surface area contributed by atoms with Gasteiger partial charge in [0.25, 0.3) is 0 Å². The van der Waals surface area contributed by atoms with Crippen molar-refractivity contribution in [3.05, 3.63) is 35.9 Å². The van der Waals surface area contributed by atoms with Gasteiger partial charge in [-0.2, -0.15) is 0 Å². The monoisotopic (exact) mass is 430 g/mol. The van der Waals surface area contributed by atoms with Crippen LogP contribution in [0.2, 0.25) is 0 Å². The van der Waals surface area contributed by atoms with Crippen LogP contribution in [-0.2, 0) is 15.1 Å². The first-order chi connectivity index (χ1) is 15.2. The zero-order chi connectivity index (χ0) is 22.2. The van der Waals surface area contributed by atoms with E-state index in [0.29, 0.717) is 0 Å². The minimum Gasteiger partial charge on any atom is -0.453 e. The molecule has 3 heteroatoms. The van der Waals surface area contributed by atoms with Gasteiger partial charge in [0.1, 0.15) is 5.60 Å². The fourth-order valence-corrected chi connectivity index (χ4v) is 4.83. The SMILES string of the molecule is CCCCCCCCCCCCCCC(C)C(=O)OC1(c2ccccc2)CC[NH2+]CC1. The summed E-state index contributed by atoms with van der Waals surface area (Å²) in [7, 11) is 0. The summed E-state index contributed by atoms with van der Waals surface area (Å²) >= 11 is 0. The molecule has 1 aliphatic heterocycles. The molecule has 1 atom stereocenters. The number of quaternary nitrogens is 1. The van der Waals surface area contributed by atoms with Gasteiger partial charge in [0.05, 0.1) is 19.0 Å². The van der Waals surface area contributed by atoms with Crippen LogP contribution in [0.5, 0.6) is 0 Å². The van der Waals surface area contributed by atoms with Crippen LogP contribution in [0.1, 0.15) is 116 Å². The van der Waals surface area contributed by atoms with Gasteiger partial charge in [-0.25, -0.2) is 0 Å². The predicted octanol–water partition coefficient (Wildman–Crippen LogP) is 6.51. The number of benzene rings is 1. The molecular formula is C28H48NO2+. The van der Waals surface area contributed by atoms with Crippen LogP contribution in [0.25, 0.3) is 0 Å². The summed E-state index contributed by atoms with van der Waals surface area (Å²) in [4.78, 5) is 12.9. The van der Waals surface area contributed by atoms with Crippen molar-refractivity contribution < 1.29 is 14.8 Å². The van der Waals surface area contributed by atoms with Crippen LogP contribution < -0.4 is 5.32 Å². The minimum absolute atomic E-state index is 0.00499. The second kappa shape index (κ2) is 15.5. The Bertz CT molecular complexity index is 580. The van der Waals surface area contributed by atoms with Crippen molar-refractivity contribution in [3.63, 3.8) is 0 Å². The molecule has 1 aliphatic rings. The standard InChI is InChI=1S/C28H47NO2/c1-3-4-5-6-7-8-9-10-11-12-13-15-18-25(2)27(30)31-28(21-23-29-24-22-28)26-19-16-14-17-20-26/h14,16-17,19-20,25,29H,3-13,15,18,21-24H2,1-2H3/p+1. The Labute approximate surface area is 191 Å². The smallest absolute Gasteiger partial charge is 0.309 e. The quantitative estimate of drug-likeness (QED) is 0.240. The molecule has 1 saturated heterocycles. The van der Waals surface area contributed by atoms with Gasteiger partial charge in [-0.15, -0.1) is 0 Å². The topological polar surface area (TPSA) is 42.9 Å². The van der Waals surface area contributed by atoms with E-state index in [1.165, 1.54) is 70.6 Å². The Morgan fingerprint density at radius 1 is 0.871 bits per heavy atom. The number of esters is 1. The average molecular weight is 431 g/mol. The van der Waals surface area contributed by atoms with E-state index in [0.717, 1.165) is 44.3 Å². The lowest BCUT2D eigenvalue weighted by molar-refractivity contribution is -0.668. The lowest BCUT2D eigenvalue weighted by atomic mass is 9.84. The van der Waals surface area contributed by atoms with E-state index < -0.39 is 5.60 Å². The van der Waals surface area contributed by atoms with Gasteiger partial charge < -0.3 is 10.1 Å². The van der Waals surface area contributed by atoms with Crippen LogP contribution in [0.3, 0.4) is 0 Å². The normalized spacial score (nSPS) is 16.7. The molecule has 0 amide bonds. The number of hydrogen-bond acceptors (Lipinski definition) is 2. The maximum Gasteiger partial charge on any atom is 0.309 e. The minimum atomic E-state index is -0.419. The zero-order valence-electron chi connectivity index (χ0n) is 20.4. The third-order valence-electron chi connectivity index (χ3n) is 6.99. The maximum atomic E-state index is 12.9. The molecule has 0 saturated carbocycles. The molecular weight excluding hydrogens is 382 g/mol. The number of piperidine rings is 1. The van der Waals surface area contributed by atoms with Crippen molar-refractivity contribution in [2.24, 2.45) is 5.92 Å². The van der Waals surface area contributed by atoms with Gasteiger partial charge in [0, 0.05) is 12.8 Å². The molecule has 2 rings (SSSR count). The second-order valence-electron chi connectivity index (χ2n) is 9.73. The molecule has 1 heterocycles. The summed E-state index contributed by atoms with van der Waals surface area (Å²) in [6.45, 7) is 6.37. The van der Waals surface area contributed by atoms with Crippen molar-refractivity contribution in [3.8, 4) is 0 Å². The fourth-order valence-electron chi connectivity index (χ4n) is 4.83. The number of unbranched alkanes of at least 4 members (excludes halogenated alkanes) is 11. The summed E-state index contributed by atoms with van der Waals surface area (Å²) in [6.07, 6.45) is 19.0. The average Bonchev–Trinajstić information content (AvgIpc) is 2.80. The number of rotatable bonds is 16. The van der Waals surface area contributed by atoms with Crippen molar-refractivity contribution in [2.75, 3.05) is 13.1 Å². The van der Waals surface area contributed by atoms with E-state index in [9.17, 15) is 4.79 Å². The molecule has 1 unspecified atom stereocenters.